The van der Waals surface area contributed by atoms with E-state index in [1.54, 1.807) is 6.20 Å². The van der Waals surface area contributed by atoms with Gasteiger partial charge in [0.1, 0.15) is 0 Å². The summed E-state index contributed by atoms with van der Waals surface area (Å²) in [6.45, 7) is 0.603. The minimum absolute atomic E-state index is 0.0712. The zero-order valence-corrected chi connectivity index (χ0v) is 9.02. The van der Waals surface area contributed by atoms with Crippen molar-refractivity contribution >= 4 is 11.9 Å². The van der Waals surface area contributed by atoms with E-state index >= 15 is 0 Å². The van der Waals surface area contributed by atoms with Gasteiger partial charge in [-0.05, 0) is 12.8 Å². The summed E-state index contributed by atoms with van der Waals surface area (Å²) in [5.41, 5.74) is 6.93. The number of carbonyl (C=O) groups is 1. The fourth-order valence-corrected chi connectivity index (χ4v) is 2.63. The van der Waals surface area contributed by atoms with Crippen molar-refractivity contribution in [1.29, 1.82) is 0 Å². The van der Waals surface area contributed by atoms with E-state index in [0.717, 1.165) is 18.5 Å². The number of amides is 1. The van der Waals surface area contributed by atoms with Crippen molar-refractivity contribution < 1.29 is 4.79 Å². The number of nitrogen functional groups attached to an aromatic ring is 1. The van der Waals surface area contributed by atoms with E-state index in [0.29, 0.717) is 18.2 Å². The normalized spacial score (nSPS) is 20.5. The standard InChI is InChI=1S/C11H14N4O/c12-11-13-5-8-9(14-11)6-15(10(8)16)7-3-1-2-4-7/h5,7H,1-4,6H2,(H2,12,13,14). The van der Waals surface area contributed by atoms with Crippen molar-refractivity contribution in [1.82, 2.24) is 14.9 Å². The van der Waals surface area contributed by atoms with Crippen LogP contribution >= 0.6 is 0 Å². The lowest BCUT2D eigenvalue weighted by atomic mass is 10.2. The average molecular weight is 218 g/mol. The Balaban J connectivity index is 1.90. The summed E-state index contributed by atoms with van der Waals surface area (Å²) in [5.74, 6) is 0.321. The molecule has 0 spiro atoms. The number of carbonyl (C=O) groups excluding carboxylic acids is 1. The molecular weight excluding hydrogens is 204 g/mol. The van der Waals surface area contributed by atoms with Crippen molar-refractivity contribution in [3.63, 3.8) is 0 Å². The molecule has 0 bridgehead atoms. The van der Waals surface area contributed by atoms with Crippen molar-refractivity contribution in [2.24, 2.45) is 0 Å². The molecule has 1 aliphatic carbocycles. The molecule has 5 nitrogen and oxygen atoms in total. The summed E-state index contributed by atoms with van der Waals surface area (Å²) in [6, 6.07) is 0.392. The molecule has 0 atom stereocenters. The first-order chi connectivity index (χ1) is 7.75. The molecule has 0 radical (unpaired) electrons. The summed E-state index contributed by atoms with van der Waals surface area (Å²) in [7, 11) is 0. The Hall–Kier alpha value is -1.65. The second kappa shape index (κ2) is 3.43. The van der Waals surface area contributed by atoms with Gasteiger partial charge in [-0.1, -0.05) is 12.8 Å². The quantitative estimate of drug-likeness (QED) is 0.762. The van der Waals surface area contributed by atoms with Crippen LogP contribution in [-0.4, -0.2) is 26.8 Å². The minimum atomic E-state index is 0.0712. The second-order valence-electron chi connectivity index (χ2n) is 4.46. The maximum atomic E-state index is 12.1. The molecule has 1 saturated carbocycles. The monoisotopic (exact) mass is 218 g/mol. The average Bonchev–Trinajstić information content (AvgIpc) is 2.86. The largest absolute Gasteiger partial charge is 0.368 e. The van der Waals surface area contributed by atoms with Crippen LogP contribution in [0.3, 0.4) is 0 Å². The van der Waals surface area contributed by atoms with Crippen LogP contribution in [0, 0.1) is 0 Å². The number of anilines is 1. The van der Waals surface area contributed by atoms with Crippen LogP contribution in [-0.2, 0) is 6.54 Å². The molecule has 1 aromatic rings. The molecule has 84 valence electrons. The molecule has 1 fully saturated rings. The molecule has 1 aliphatic heterocycles. The first-order valence-electron chi connectivity index (χ1n) is 5.68. The Morgan fingerprint density at radius 2 is 2.12 bits per heavy atom. The molecule has 5 heteroatoms. The van der Waals surface area contributed by atoms with Gasteiger partial charge in [0.25, 0.3) is 5.91 Å². The highest BCUT2D eigenvalue weighted by atomic mass is 16.2. The van der Waals surface area contributed by atoms with Crippen molar-refractivity contribution in [2.75, 3.05) is 5.73 Å². The van der Waals surface area contributed by atoms with Crippen molar-refractivity contribution in [2.45, 2.75) is 38.3 Å². The molecule has 0 unspecified atom stereocenters. The Bertz CT molecular complexity index is 440. The number of rotatable bonds is 1. The van der Waals surface area contributed by atoms with Gasteiger partial charge in [0.2, 0.25) is 5.95 Å². The third kappa shape index (κ3) is 1.35. The predicted molar refractivity (Wildman–Crippen MR) is 58.6 cm³/mol. The fraction of sp³-hybridized carbons (Fsp3) is 0.545. The zero-order chi connectivity index (χ0) is 11.1. The van der Waals surface area contributed by atoms with Crippen LogP contribution in [0.25, 0.3) is 0 Å². The lowest BCUT2D eigenvalue weighted by Gasteiger charge is -2.22. The Morgan fingerprint density at radius 3 is 2.88 bits per heavy atom. The maximum Gasteiger partial charge on any atom is 0.257 e. The van der Waals surface area contributed by atoms with Gasteiger partial charge >= 0.3 is 0 Å². The smallest absolute Gasteiger partial charge is 0.257 e. The topological polar surface area (TPSA) is 72.1 Å². The van der Waals surface area contributed by atoms with Gasteiger partial charge in [-0.25, -0.2) is 9.97 Å². The molecule has 0 aromatic carbocycles. The highest BCUT2D eigenvalue weighted by Crippen LogP contribution is 2.30. The van der Waals surface area contributed by atoms with Gasteiger partial charge in [0.05, 0.1) is 17.8 Å². The molecule has 2 N–H and O–H groups in total. The lowest BCUT2D eigenvalue weighted by Crippen LogP contribution is -2.33. The van der Waals surface area contributed by atoms with E-state index < -0.39 is 0 Å². The molecule has 3 rings (SSSR count). The molecule has 2 heterocycles. The highest BCUT2D eigenvalue weighted by molar-refractivity contribution is 5.97. The number of hydrogen-bond donors (Lipinski definition) is 1. The summed E-state index contributed by atoms with van der Waals surface area (Å²) >= 11 is 0. The third-order valence-corrected chi connectivity index (χ3v) is 3.46. The van der Waals surface area contributed by atoms with Gasteiger partial charge in [-0.15, -0.1) is 0 Å². The summed E-state index contributed by atoms with van der Waals surface area (Å²) in [6.07, 6.45) is 6.22. The number of nitrogens with zero attached hydrogens (tertiary/aromatic N) is 3. The van der Waals surface area contributed by atoms with E-state index in [4.69, 9.17) is 5.73 Å². The SMILES string of the molecule is Nc1ncc2c(n1)CN(C1CCCC1)C2=O. The van der Waals surface area contributed by atoms with E-state index in [9.17, 15) is 4.79 Å². The molecule has 2 aliphatic rings. The predicted octanol–water partition coefficient (Wildman–Crippen LogP) is 0.957. The number of fused-ring (bicyclic) bond motifs is 1. The van der Waals surface area contributed by atoms with E-state index in [1.807, 2.05) is 4.90 Å². The first kappa shape index (κ1) is 9.57. The van der Waals surface area contributed by atoms with Crippen molar-refractivity contribution in [3.8, 4) is 0 Å². The Morgan fingerprint density at radius 1 is 1.38 bits per heavy atom. The van der Waals surface area contributed by atoms with Crippen LogP contribution in [0.2, 0.25) is 0 Å². The van der Waals surface area contributed by atoms with Crippen LogP contribution < -0.4 is 5.73 Å². The van der Waals surface area contributed by atoms with Gasteiger partial charge in [-0.2, -0.15) is 0 Å². The van der Waals surface area contributed by atoms with Crippen molar-refractivity contribution in [3.05, 3.63) is 17.5 Å². The second-order valence-corrected chi connectivity index (χ2v) is 4.46. The van der Waals surface area contributed by atoms with E-state index in [2.05, 4.69) is 9.97 Å². The lowest BCUT2D eigenvalue weighted by molar-refractivity contribution is 0.0706. The van der Waals surface area contributed by atoms with Crippen LogP contribution in [0.5, 0.6) is 0 Å². The van der Waals surface area contributed by atoms with Crippen LogP contribution in [0.1, 0.15) is 41.7 Å². The van der Waals surface area contributed by atoms with E-state index in [-0.39, 0.29) is 11.9 Å². The van der Waals surface area contributed by atoms with Crippen LogP contribution in [0.15, 0.2) is 6.20 Å². The molecule has 0 saturated heterocycles. The summed E-state index contributed by atoms with van der Waals surface area (Å²) in [4.78, 5) is 22.0. The molecule has 1 aromatic heterocycles. The van der Waals surface area contributed by atoms with Gasteiger partial charge in [0.15, 0.2) is 0 Å². The summed E-state index contributed by atoms with van der Waals surface area (Å²) < 4.78 is 0. The maximum absolute atomic E-state index is 12.1. The zero-order valence-electron chi connectivity index (χ0n) is 9.02. The number of nitrogens with two attached hydrogens (primary N) is 1. The minimum Gasteiger partial charge on any atom is -0.368 e. The third-order valence-electron chi connectivity index (χ3n) is 3.46. The number of hydrogen-bond acceptors (Lipinski definition) is 4. The van der Waals surface area contributed by atoms with Gasteiger partial charge in [-0.3, -0.25) is 4.79 Å². The molecular formula is C11H14N4O. The van der Waals surface area contributed by atoms with Gasteiger partial charge < -0.3 is 10.6 Å². The fourth-order valence-electron chi connectivity index (χ4n) is 2.63. The molecule has 1 amide bonds. The summed E-state index contributed by atoms with van der Waals surface area (Å²) in [5, 5.41) is 0. The highest BCUT2D eigenvalue weighted by Gasteiger charge is 2.35. The van der Waals surface area contributed by atoms with E-state index in [1.165, 1.54) is 12.8 Å². The number of aromatic nitrogens is 2. The molecule has 16 heavy (non-hydrogen) atoms. The van der Waals surface area contributed by atoms with Gasteiger partial charge in [0, 0.05) is 12.2 Å². The Labute approximate surface area is 93.7 Å². The van der Waals surface area contributed by atoms with Crippen LogP contribution in [0.4, 0.5) is 5.95 Å². The first-order valence-corrected chi connectivity index (χ1v) is 5.68. The Kier molecular flexibility index (Phi) is 2.05.